The van der Waals surface area contributed by atoms with Crippen LogP contribution in [-0.2, 0) is 11.2 Å². The van der Waals surface area contributed by atoms with Crippen molar-refractivity contribution in [1.82, 2.24) is 4.90 Å². The molecule has 0 bridgehead atoms. The van der Waals surface area contributed by atoms with Crippen LogP contribution in [0.3, 0.4) is 0 Å². The molecule has 0 amide bonds. The summed E-state index contributed by atoms with van der Waals surface area (Å²) in [6, 6.07) is 11.9. The highest BCUT2D eigenvalue weighted by atomic mass is 16.5. The van der Waals surface area contributed by atoms with Gasteiger partial charge in [-0.05, 0) is 75.5 Å². The average molecular weight is 474 g/mol. The Hall–Kier alpha value is -2.93. The van der Waals surface area contributed by atoms with Crippen LogP contribution in [0.25, 0.3) is 0 Å². The van der Waals surface area contributed by atoms with Crippen LogP contribution in [-0.4, -0.2) is 65.0 Å². The highest BCUT2D eigenvalue weighted by Gasteiger charge is 2.18. The van der Waals surface area contributed by atoms with E-state index in [2.05, 4.69) is 30.9 Å². The molecule has 0 N–H and O–H groups in total. The van der Waals surface area contributed by atoms with E-state index in [0.717, 1.165) is 44.5 Å². The van der Waals surface area contributed by atoms with Gasteiger partial charge in [-0.3, -0.25) is 0 Å². The van der Waals surface area contributed by atoms with E-state index in [4.69, 9.17) is 23.7 Å². The van der Waals surface area contributed by atoms with Gasteiger partial charge in [-0.25, -0.2) is 4.79 Å². The first-order chi connectivity index (χ1) is 16.5. The zero-order valence-corrected chi connectivity index (χ0v) is 21.4. The Morgan fingerprint density at radius 3 is 2.06 bits per heavy atom. The van der Waals surface area contributed by atoms with E-state index in [1.807, 2.05) is 12.1 Å². The number of unbranched alkanes of at least 4 members (excludes halogenated alkanes) is 2. The van der Waals surface area contributed by atoms with Crippen LogP contribution < -0.4 is 18.9 Å². The van der Waals surface area contributed by atoms with Gasteiger partial charge in [0.25, 0.3) is 0 Å². The van der Waals surface area contributed by atoms with E-state index in [1.165, 1.54) is 26.9 Å². The summed E-state index contributed by atoms with van der Waals surface area (Å²) >= 11 is 0. The Morgan fingerprint density at radius 1 is 0.882 bits per heavy atom. The number of nitrogens with zero attached hydrogens (tertiary/aromatic N) is 1. The first-order valence-corrected chi connectivity index (χ1v) is 11.8. The van der Waals surface area contributed by atoms with Crippen molar-refractivity contribution in [3.05, 3.63) is 47.5 Å². The van der Waals surface area contributed by atoms with Crippen LogP contribution in [0.1, 0.15) is 49.0 Å². The molecule has 7 heteroatoms. The quantitative estimate of drug-likeness (QED) is 0.266. The Kier molecular flexibility index (Phi) is 11.5. The third-order valence-electron chi connectivity index (χ3n) is 5.94. The van der Waals surface area contributed by atoms with Gasteiger partial charge in [-0.1, -0.05) is 19.1 Å². The minimum Gasteiger partial charge on any atom is -0.497 e. The molecule has 0 spiro atoms. The van der Waals surface area contributed by atoms with Crippen LogP contribution in [0, 0.1) is 0 Å². The van der Waals surface area contributed by atoms with Crippen molar-refractivity contribution in [3.8, 4) is 23.0 Å². The number of likely N-dealkylation sites (N-methyl/N-ethyl adjacent to an activating group) is 1. The third kappa shape index (κ3) is 7.83. The number of ether oxygens (including phenoxy) is 5. The van der Waals surface area contributed by atoms with Crippen molar-refractivity contribution < 1.29 is 28.5 Å². The van der Waals surface area contributed by atoms with Crippen molar-refractivity contribution in [3.63, 3.8) is 0 Å². The highest BCUT2D eigenvalue weighted by molar-refractivity contribution is 5.91. The SMILES string of the molecule is CCN(CCCCCOC(=O)c1cc(OC)c(OC)c(OC)c1)C(C)Cc1ccc(OC)cc1. The molecule has 0 saturated carbocycles. The molecular weight excluding hydrogens is 434 g/mol. The van der Waals surface area contributed by atoms with E-state index < -0.39 is 5.97 Å². The summed E-state index contributed by atoms with van der Waals surface area (Å²) in [6.45, 7) is 6.88. The maximum atomic E-state index is 12.5. The van der Waals surface area contributed by atoms with Gasteiger partial charge in [0.1, 0.15) is 5.75 Å². The number of hydrogen-bond acceptors (Lipinski definition) is 7. The maximum Gasteiger partial charge on any atom is 0.338 e. The first kappa shape index (κ1) is 27.3. The predicted octanol–water partition coefficient (Wildman–Crippen LogP) is 5.00. The molecule has 0 radical (unpaired) electrons. The summed E-state index contributed by atoms with van der Waals surface area (Å²) in [4.78, 5) is 15.0. The predicted molar refractivity (Wildman–Crippen MR) is 134 cm³/mol. The molecule has 0 aliphatic carbocycles. The lowest BCUT2D eigenvalue weighted by Gasteiger charge is -2.28. The molecule has 2 aromatic carbocycles. The summed E-state index contributed by atoms with van der Waals surface area (Å²) in [7, 11) is 6.25. The monoisotopic (exact) mass is 473 g/mol. The van der Waals surface area contributed by atoms with E-state index in [-0.39, 0.29) is 0 Å². The fraction of sp³-hybridized carbons (Fsp3) is 0.519. The van der Waals surface area contributed by atoms with Gasteiger partial charge < -0.3 is 28.6 Å². The number of benzene rings is 2. The molecule has 0 fully saturated rings. The fourth-order valence-corrected chi connectivity index (χ4v) is 3.96. The lowest BCUT2D eigenvalue weighted by Crippen LogP contribution is -2.35. The number of carbonyl (C=O) groups excluding carboxylic acids is 1. The van der Waals surface area contributed by atoms with Crippen molar-refractivity contribution in [2.45, 2.75) is 45.6 Å². The molecule has 188 valence electrons. The highest BCUT2D eigenvalue weighted by Crippen LogP contribution is 2.38. The third-order valence-corrected chi connectivity index (χ3v) is 5.94. The molecule has 2 rings (SSSR count). The molecule has 7 nitrogen and oxygen atoms in total. The van der Waals surface area contributed by atoms with Gasteiger partial charge >= 0.3 is 5.97 Å². The molecule has 0 aliphatic heterocycles. The van der Waals surface area contributed by atoms with Gasteiger partial charge in [-0.2, -0.15) is 0 Å². The molecule has 0 heterocycles. The van der Waals surface area contributed by atoms with Gasteiger partial charge in [0.2, 0.25) is 5.75 Å². The maximum absolute atomic E-state index is 12.5. The van der Waals surface area contributed by atoms with Crippen LogP contribution in [0.5, 0.6) is 23.0 Å². The zero-order chi connectivity index (χ0) is 24.9. The summed E-state index contributed by atoms with van der Waals surface area (Å²) in [5, 5.41) is 0. The van der Waals surface area contributed by atoms with Gasteiger partial charge in [-0.15, -0.1) is 0 Å². The summed E-state index contributed by atoms with van der Waals surface area (Å²) < 4.78 is 26.6. The molecule has 0 saturated heterocycles. The Labute approximate surface area is 203 Å². The average Bonchev–Trinajstić information content (AvgIpc) is 2.87. The standard InChI is InChI=1S/C27H39NO6/c1-7-28(20(2)17-21-11-13-23(30-3)14-12-21)15-9-8-10-16-34-27(29)22-18-24(31-4)26(33-6)25(19-22)32-5/h11-14,18-20H,7-10,15-17H2,1-6H3. The molecule has 1 unspecified atom stereocenters. The molecule has 1 atom stereocenters. The number of carbonyl (C=O) groups is 1. The number of rotatable bonds is 15. The second-order valence-electron chi connectivity index (χ2n) is 8.14. The smallest absolute Gasteiger partial charge is 0.338 e. The lowest BCUT2D eigenvalue weighted by atomic mass is 10.1. The molecule has 0 aliphatic rings. The minimum absolute atomic E-state index is 0.374. The van der Waals surface area contributed by atoms with Gasteiger partial charge in [0, 0.05) is 6.04 Å². The normalized spacial score (nSPS) is 11.7. The fourth-order valence-electron chi connectivity index (χ4n) is 3.96. The van der Waals surface area contributed by atoms with Crippen molar-refractivity contribution >= 4 is 5.97 Å². The van der Waals surface area contributed by atoms with E-state index in [1.54, 1.807) is 19.2 Å². The summed E-state index contributed by atoms with van der Waals surface area (Å²) in [5.74, 6) is 1.79. The van der Waals surface area contributed by atoms with Crippen molar-refractivity contribution in [1.29, 1.82) is 0 Å². The lowest BCUT2D eigenvalue weighted by molar-refractivity contribution is 0.0496. The topological polar surface area (TPSA) is 66.5 Å². The Morgan fingerprint density at radius 2 is 1.53 bits per heavy atom. The number of esters is 1. The molecule has 34 heavy (non-hydrogen) atoms. The molecule has 0 aromatic heterocycles. The Balaban J connectivity index is 1.75. The van der Waals surface area contributed by atoms with Gasteiger partial charge in [0.15, 0.2) is 11.5 Å². The van der Waals surface area contributed by atoms with E-state index in [9.17, 15) is 4.79 Å². The van der Waals surface area contributed by atoms with Gasteiger partial charge in [0.05, 0.1) is 40.6 Å². The van der Waals surface area contributed by atoms with Crippen LogP contribution in [0.4, 0.5) is 0 Å². The minimum atomic E-state index is -0.400. The summed E-state index contributed by atoms with van der Waals surface area (Å²) in [6.07, 6.45) is 3.88. The largest absolute Gasteiger partial charge is 0.497 e. The number of hydrogen-bond donors (Lipinski definition) is 0. The Bertz CT molecular complexity index is 858. The van der Waals surface area contributed by atoms with Crippen LogP contribution in [0.15, 0.2) is 36.4 Å². The molecular formula is C27H39NO6. The van der Waals surface area contributed by atoms with E-state index in [0.29, 0.717) is 35.5 Å². The van der Waals surface area contributed by atoms with Crippen LogP contribution >= 0.6 is 0 Å². The zero-order valence-electron chi connectivity index (χ0n) is 21.4. The number of methoxy groups -OCH3 is 4. The van der Waals surface area contributed by atoms with Crippen LogP contribution in [0.2, 0.25) is 0 Å². The second kappa shape index (κ2) is 14.4. The van der Waals surface area contributed by atoms with E-state index >= 15 is 0 Å². The summed E-state index contributed by atoms with van der Waals surface area (Å²) in [5.41, 5.74) is 1.68. The first-order valence-electron chi connectivity index (χ1n) is 11.8. The van der Waals surface area contributed by atoms with Crippen molar-refractivity contribution in [2.75, 3.05) is 48.1 Å². The van der Waals surface area contributed by atoms with Crippen molar-refractivity contribution in [2.24, 2.45) is 0 Å². The molecule has 2 aromatic rings. The second-order valence-corrected chi connectivity index (χ2v) is 8.14.